The number of aliphatic hydroxyl groups excluding tert-OH is 1. The van der Waals surface area contributed by atoms with Crippen LogP contribution in [0.4, 0.5) is 0 Å². The van der Waals surface area contributed by atoms with Crippen LogP contribution in [-0.2, 0) is 18.4 Å². The van der Waals surface area contributed by atoms with Gasteiger partial charge in [-0.05, 0) is 44.9 Å². The summed E-state index contributed by atoms with van der Waals surface area (Å²) in [6.07, 6.45) is 86.0. The van der Waals surface area contributed by atoms with Crippen molar-refractivity contribution in [2.75, 3.05) is 40.9 Å². The molecular formula is C74H148N2O6P+. The minimum atomic E-state index is -4.33. The van der Waals surface area contributed by atoms with E-state index in [1.165, 1.54) is 321 Å². The number of hydrogen-bond acceptors (Lipinski definition) is 5. The average Bonchev–Trinajstić information content (AvgIpc) is 3.49. The van der Waals surface area contributed by atoms with Crippen molar-refractivity contribution in [3.63, 3.8) is 0 Å². The third-order valence-electron chi connectivity index (χ3n) is 17.5. The van der Waals surface area contributed by atoms with Gasteiger partial charge in [0.15, 0.2) is 0 Å². The molecule has 1 amide bonds. The lowest BCUT2D eigenvalue weighted by Gasteiger charge is -2.26. The van der Waals surface area contributed by atoms with E-state index < -0.39 is 20.0 Å². The van der Waals surface area contributed by atoms with Crippen LogP contribution in [0.2, 0.25) is 0 Å². The Bertz CT molecular complexity index is 1400. The molecule has 0 aromatic heterocycles. The second-order valence-corrected chi connectivity index (χ2v) is 28.5. The molecule has 494 valence electrons. The maximum absolute atomic E-state index is 13.1. The van der Waals surface area contributed by atoms with E-state index in [0.29, 0.717) is 23.9 Å². The van der Waals surface area contributed by atoms with E-state index in [4.69, 9.17) is 9.05 Å². The SMILES string of the molecule is CCCCCCC/C=C\C/C=C\CCCCCCCCCCCCCCCCCCCCCCCCCCCCCCCC(=O)NC(COP(=O)(O)OCC[N+](C)(C)C)C(O)CCCCCCCCCCCCCCCCCCCCCC. The summed E-state index contributed by atoms with van der Waals surface area (Å²) in [4.78, 5) is 23.5. The first-order valence-corrected chi connectivity index (χ1v) is 38.7. The van der Waals surface area contributed by atoms with E-state index >= 15 is 0 Å². The van der Waals surface area contributed by atoms with Crippen molar-refractivity contribution in [1.82, 2.24) is 5.32 Å². The van der Waals surface area contributed by atoms with Gasteiger partial charge in [0.2, 0.25) is 5.91 Å². The number of allylic oxidation sites excluding steroid dienone is 4. The lowest BCUT2D eigenvalue weighted by molar-refractivity contribution is -0.870. The van der Waals surface area contributed by atoms with E-state index in [9.17, 15) is 19.4 Å². The minimum absolute atomic E-state index is 0.0783. The molecule has 0 fully saturated rings. The van der Waals surface area contributed by atoms with Crippen LogP contribution in [0.3, 0.4) is 0 Å². The highest BCUT2D eigenvalue weighted by molar-refractivity contribution is 7.47. The number of phosphoric acid groups is 1. The highest BCUT2D eigenvalue weighted by atomic mass is 31.2. The molecule has 83 heavy (non-hydrogen) atoms. The lowest BCUT2D eigenvalue weighted by atomic mass is 10.0. The van der Waals surface area contributed by atoms with Crippen molar-refractivity contribution in [3.05, 3.63) is 24.3 Å². The van der Waals surface area contributed by atoms with Crippen LogP contribution in [0.5, 0.6) is 0 Å². The number of carbonyl (C=O) groups is 1. The molecule has 0 heterocycles. The van der Waals surface area contributed by atoms with Gasteiger partial charge < -0.3 is 19.8 Å². The largest absolute Gasteiger partial charge is 0.472 e. The van der Waals surface area contributed by atoms with Crippen molar-refractivity contribution in [1.29, 1.82) is 0 Å². The lowest BCUT2D eigenvalue weighted by Crippen LogP contribution is -2.46. The summed E-state index contributed by atoms with van der Waals surface area (Å²) in [5.74, 6) is -0.134. The van der Waals surface area contributed by atoms with Crippen molar-refractivity contribution >= 4 is 13.7 Å². The Balaban J connectivity index is 3.85. The number of unbranched alkanes of at least 4 members (excludes halogenated alkanes) is 53. The predicted molar refractivity (Wildman–Crippen MR) is 365 cm³/mol. The minimum Gasteiger partial charge on any atom is -0.391 e. The Morgan fingerprint density at radius 2 is 0.687 bits per heavy atom. The first-order valence-electron chi connectivity index (χ1n) is 37.2. The summed E-state index contributed by atoms with van der Waals surface area (Å²) in [6.45, 7) is 4.94. The van der Waals surface area contributed by atoms with Crippen molar-refractivity contribution < 1.29 is 32.9 Å². The van der Waals surface area contributed by atoms with Crippen LogP contribution in [0.15, 0.2) is 24.3 Å². The fraction of sp³-hybridized carbons (Fsp3) is 0.932. The van der Waals surface area contributed by atoms with Crippen LogP contribution in [-0.4, -0.2) is 73.4 Å². The first kappa shape index (κ1) is 82.0. The summed E-state index contributed by atoms with van der Waals surface area (Å²) < 4.78 is 23.9. The zero-order valence-electron chi connectivity index (χ0n) is 56.7. The van der Waals surface area contributed by atoms with Crippen molar-refractivity contribution in [3.8, 4) is 0 Å². The van der Waals surface area contributed by atoms with Crippen molar-refractivity contribution in [2.45, 2.75) is 405 Å². The Morgan fingerprint density at radius 1 is 0.410 bits per heavy atom. The average molecular weight is 1190 g/mol. The fourth-order valence-corrected chi connectivity index (χ4v) is 12.4. The summed E-state index contributed by atoms with van der Waals surface area (Å²) in [5.41, 5.74) is 0. The van der Waals surface area contributed by atoms with Crippen LogP contribution in [0.25, 0.3) is 0 Å². The number of quaternary nitrogens is 1. The quantitative estimate of drug-likeness (QED) is 0.0243. The second kappa shape index (κ2) is 65.4. The molecule has 8 nitrogen and oxygen atoms in total. The molecule has 3 atom stereocenters. The third-order valence-corrected chi connectivity index (χ3v) is 18.4. The van der Waals surface area contributed by atoms with Gasteiger partial charge in [0, 0.05) is 6.42 Å². The summed E-state index contributed by atoms with van der Waals surface area (Å²) >= 11 is 0. The number of phosphoric ester groups is 1. The summed E-state index contributed by atoms with van der Waals surface area (Å²) in [5, 5.41) is 14.1. The molecule has 3 N–H and O–H groups in total. The number of nitrogens with one attached hydrogen (secondary N) is 1. The number of hydrogen-bond donors (Lipinski definition) is 3. The second-order valence-electron chi connectivity index (χ2n) is 27.0. The van der Waals surface area contributed by atoms with E-state index in [1.807, 2.05) is 21.1 Å². The van der Waals surface area contributed by atoms with E-state index in [2.05, 4.69) is 43.5 Å². The zero-order valence-corrected chi connectivity index (χ0v) is 57.6. The number of nitrogens with zero attached hydrogens (tertiary/aromatic N) is 1. The molecule has 0 rings (SSSR count). The Kier molecular flexibility index (Phi) is 64.6. The van der Waals surface area contributed by atoms with Gasteiger partial charge in [-0.3, -0.25) is 13.8 Å². The van der Waals surface area contributed by atoms with Crippen LogP contribution in [0.1, 0.15) is 393 Å². The van der Waals surface area contributed by atoms with Gasteiger partial charge in [0.05, 0.1) is 39.9 Å². The maximum Gasteiger partial charge on any atom is 0.472 e. The molecule has 9 heteroatoms. The highest BCUT2D eigenvalue weighted by Gasteiger charge is 2.28. The maximum atomic E-state index is 13.1. The normalized spacial score (nSPS) is 13.7. The summed E-state index contributed by atoms with van der Waals surface area (Å²) in [7, 11) is 1.64. The van der Waals surface area contributed by atoms with Gasteiger partial charge in [0.1, 0.15) is 13.2 Å². The Labute approximate surface area is 519 Å². The molecule has 0 saturated heterocycles. The van der Waals surface area contributed by atoms with E-state index in [-0.39, 0.29) is 19.1 Å². The molecule has 0 spiro atoms. The topological polar surface area (TPSA) is 105 Å². The van der Waals surface area contributed by atoms with Crippen LogP contribution < -0.4 is 5.32 Å². The third kappa shape index (κ3) is 68.3. The van der Waals surface area contributed by atoms with Gasteiger partial charge >= 0.3 is 7.82 Å². The Morgan fingerprint density at radius 3 is 0.988 bits per heavy atom. The predicted octanol–water partition coefficient (Wildman–Crippen LogP) is 23.8. The molecule has 0 radical (unpaired) electrons. The molecule has 3 unspecified atom stereocenters. The number of rotatable bonds is 70. The molecule has 0 aliphatic heterocycles. The molecule has 0 bridgehead atoms. The smallest absolute Gasteiger partial charge is 0.391 e. The first-order chi connectivity index (χ1) is 40.5. The van der Waals surface area contributed by atoms with Crippen LogP contribution >= 0.6 is 7.82 Å². The van der Waals surface area contributed by atoms with Crippen molar-refractivity contribution in [2.24, 2.45) is 0 Å². The van der Waals surface area contributed by atoms with Gasteiger partial charge in [0.25, 0.3) is 0 Å². The fourth-order valence-electron chi connectivity index (χ4n) is 11.7. The van der Waals surface area contributed by atoms with E-state index in [0.717, 1.165) is 44.9 Å². The number of amides is 1. The number of carbonyl (C=O) groups excluding carboxylic acids is 1. The molecular weight excluding hydrogens is 1040 g/mol. The molecule has 0 saturated carbocycles. The van der Waals surface area contributed by atoms with Gasteiger partial charge in [-0.25, -0.2) is 4.57 Å². The standard InChI is InChI=1S/C74H147N2O6P/c1-6-8-10-12-14-16-18-20-22-24-26-28-29-30-31-32-33-34-35-36-37-38-39-40-41-42-43-44-45-46-47-48-50-52-54-56-58-60-62-64-66-68-74(78)75-72(71-82-83(79,80)81-70-69-76(3,4)5)73(77)67-65-63-61-59-57-55-53-51-49-27-25-23-21-19-17-15-13-11-9-7-2/h18,20,24,26,72-73,77H,6-17,19,21-23,25,27-71H2,1-5H3,(H-,75,78,79,80)/p+1/b20-18-,26-24-. The van der Waals surface area contributed by atoms with Crippen LogP contribution in [0, 0.1) is 0 Å². The number of likely N-dealkylation sites (N-methyl/N-ethyl adjacent to an activating group) is 1. The summed E-state index contributed by atoms with van der Waals surface area (Å²) in [6, 6.07) is -0.758. The molecule has 0 aliphatic carbocycles. The molecule has 0 aromatic rings. The molecule has 0 aliphatic rings. The monoisotopic (exact) mass is 1190 g/mol. The number of aliphatic hydroxyl groups is 1. The molecule has 0 aromatic carbocycles. The highest BCUT2D eigenvalue weighted by Crippen LogP contribution is 2.43. The Hall–Kier alpha value is -1.02. The zero-order chi connectivity index (χ0) is 60.5. The van der Waals surface area contributed by atoms with Gasteiger partial charge in [-0.1, -0.05) is 366 Å². The van der Waals surface area contributed by atoms with Gasteiger partial charge in [-0.15, -0.1) is 0 Å². The van der Waals surface area contributed by atoms with E-state index in [1.54, 1.807) is 0 Å². The van der Waals surface area contributed by atoms with Gasteiger partial charge in [-0.2, -0.15) is 0 Å².